The summed E-state index contributed by atoms with van der Waals surface area (Å²) < 4.78 is 0.959. The molecule has 0 aliphatic heterocycles. The first kappa shape index (κ1) is 14.0. The van der Waals surface area contributed by atoms with Crippen LogP contribution >= 0.6 is 15.9 Å². The summed E-state index contributed by atoms with van der Waals surface area (Å²) in [5.41, 5.74) is 1.36. The van der Waals surface area contributed by atoms with Gasteiger partial charge in [-0.05, 0) is 17.5 Å². The molecule has 0 unspecified atom stereocenters. The summed E-state index contributed by atoms with van der Waals surface area (Å²) in [5.74, 6) is -0.147. The van der Waals surface area contributed by atoms with Gasteiger partial charge in [-0.1, -0.05) is 34.1 Å². The van der Waals surface area contributed by atoms with Crippen molar-refractivity contribution in [1.29, 1.82) is 0 Å². The number of hydrogen-bond donors (Lipinski definition) is 0. The Morgan fingerprint density at radius 2 is 1.74 bits per heavy atom. The minimum Gasteiger partial charge on any atom is -0.383 e. The molecule has 0 bridgehead atoms. The molecule has 100 valence electrons. The van der Waals surface area contributed by atoms with Crippen molar-refractivity contribution >= 4 is 27.5 Å². The maximum Gasteiger partial charge on any atom is 0.168 e. The van der Waals surface area contributed by atoms with Crippen LogP contribution in [0.25, 0.3) is 0 Å². The summed E-state index contributed by atoms with van der Waals surface area (Å²) in [6, 6.07) is 7.77. The van der Waals surface area contributed by atoms with Crippen molar-refractivity contribution in [2.45, 2.75) is 18.8 Å². The van der Waals surface area contributed by atoms with Crippen molar-refractivity contribution in [2.75, 3.05) is 14.1 Å². The highest BCUT2D eigenvalue weighted by molar-refractivity contribution is 9.10. The summed E-state index contributed by atoms with van der Waals surface area (Å²) in [5, 5.41) is 0. The molecule has 0 N–H and O–H groups in total. The number of hydrogen-bond acceptors (Lipinski definition) is 3. The average Bonchev–Trinajstić information content (AvgIpc) is 2.34. The quantitative estimate of drug-likeness (QED) is 0.621. The van der Waals surface area contributed by atoms with Crippen LogP contribution in [0, 0.1) is 0 Å². The molecule has 1 aromatic rings. The molecule has 3 nitrogen and oxygen atoms in total. The van der Waals surface area contributed by atoms with E-state index in [1.165, 1.54) is 0 Å². The summed E-state index contributed by atoms with van der Waals surface area (Å²) in [7, 11) is 3.63. The van der Waals surface area contributed by atoms with Crippen LogP contribution in [0.1, 0.15) is 24.3 Å². The topological polar surface area (TPSA) is 37.4 Å². The molecule has 0 heterocycles. The zero-order chi connectivity index (χ0) is 14.0. The number of Topliss-reactive ketones (excluding diaryl/α,β-unsaturated/α-hetero) is 2. The van der Waals surface area contributed by atoms with Crippen LogP contribution in [-0.4, -0.2) is 30.6 Å². The third kappa shape index (κ3) is 3.13. The second kappa shape index (κ2) is 5.70. The molecule has 1 aliphatic carbocycles. The van der Waals surface area contributed by atoms with Crippen LogP contribution in [0.3, 0.4) is 0 Å². The van der Waals surface area contributed by atoms with Gasteiger partial charge in [0.2, 0.25) is 0 Å². The number of carbonyl (C=O) groups is 2. The molecule has 2 rings (SSSR count). The molecule has 1 saturated carbocycles. The van der Waals surface area contributed by atoms with E-state index in [-0.39, 0.29) is 17.5 Å². The lowest BCUT2D eigenvalue weighted by atomic mass is 9.80. The van der Waals surface area contributed by atoms with Crippen LogP contribution in [0.2, 0.25) is 0 Å². The van der Waals surface area contributed by atoms with Crippen molar-refractivity contribution in [2.24, 2.45) is 0 Å². The van der Waals surface area contributed by atoms with Crippen LogP contribution < -0.4 is 0 Å². The van der Waals surface area contributed by atoms with Crippen LogP contribution in [-0.2, 0) is 9.59 Å². The van der Waals surface area contributed by atoms with Gasteiger partial charge in [-0.2, -0.15) is 0 Å². The van der Waals surface area contributed by atoms with Gasteiger partial charge < -0.3 is 4.90 Å². The second-order valence-corrected chi connectivity index (χ2v) is 5.83. The third-order valence-electron chi connectivity index (χ3n) is 3.20. The molecule has 0 aromatic heterocycles. The van der Waals surface area contributed by atoms with Gasteiger partial charge in [-0.3, -0.25) is 9.59 Å². The fourth-order valence-electron chi connectivity index (χ4n) is 2.32. The summed E-state index contributed by atoms with van der Waals surface area (Å²) in [6.07, 6.45) is 2.42. The molecule has 4 heteroatoms. The van der Waals surface area contributed by atoms with E-state index in [1.54, 1.807) is 11.1 Å². The van der Waals surface area contributed by atoms with Crippen LogP contribution in [0.15, 0.2) is 40.5 Å². The van der Waals surface area contributed by atoms with E-state index in [0.29, 0.717) is 18.4 Å². The van der Waals surface area contributed by atoms with Crippen LogP contribution in [0.4, 0.5) is 0 Å². The maximum absolute atomic E-state index is 12.1. The smallest absolute Gasteiger partial charge is 0.168 e. The van der Waals surface area contributed by atoms with E-state index >= 15 is 0 Å². The first-order chi connectivity index (χ1) is 8.99. The van der Waals surface area contributed by atoms with E-state index in [9.17, 15) is 9.59 Å². The molecule has 1 aromatic carbocycles. The molecule has 0 amide bonds. The summed E-state index contributed by atoms with van der Waals surface area (Å²) in [6.45, 7) is 0. The lowest BCUT2D eigenvalue weighted by molar-refractivity contribution is -0.124. The van der Waals surface area contributed by atoms with Gasteiger partial charge in [0.25, 0.3) is 0 Å². The van der Waals surface area contributed by atoms with Gasteiger partial charge in [0.15, 0.2) is 11.6 Å². The number of carbonyl (C=O) groups excluding carboxylic acids is 2. The average molecular weight is 322 g/mol. The van der Waals surface area contributed by atoms with Crippen molar-refractivity contribution in [1.82, 2.24) is 4.90 Å². The monoisotopic (exact) mass is 321 g/mol. The zero-order valence-corrected chi connectivity index (χ0v) is 12.6. The van der Waals surface area contributed by atoms with Crippen molar-refractivity contribution in [3.8, 4) is 0 Å². The van der Waals surface area contributed by atoms with Gasteiger partial charge in [0, 0.05) is 37.6 Å². The molecule has 0 atom stereocenters. The maximum atomic E-state index is 12.1. The molecular weight excluding hydrogens is 306 g/mol. The Morgan fingerprint density at radius 1 is 1.16 bits per heavy atom. The zero-order valence-electron chi connectivity index (χ0n) is 11.0. The van der Waals surface area contributed by atoms with E-state index in [0.717, 1.165) is 10.0 Å². The lowest BCUT2D eigenvalue weighted by Crippen LogP contribution is -2.26. The van der Waals surface area contributed by atoms with Crippen molar-refractivity contribution in [3.63, 3.8) is 0 Å². The van der Waals surface area contributed by atoms with Gasteiger partial charge >= 0.3 is 0 Å². The van der Waals surface area contributed by atoms with Gasteiger partial charge in [-0.15, -0.1) is 0 Å². The number of halogens is 1. The first-order valence-corrected chi connectivity index (χ1v) is 6.97. The van der Waals surface area contributed by atoms with E-state index < -0.39 is 0 Å². The van der Waals surface area contributed by atoms with E-state index in [2.05, 4.69) is 15.9 Å². The molecule has 1 aliphatic rings. The number of allylic oxidation sites excluding steroid dienone is 1. The Hall–Kier alpha value is -1.42. The van der Waals surface area contributed by atoms with Gasteiger partial charge in [0.05, 0.1) is 5.57 Å². The SMILES string of the molecule is CN(C)C=C1C(=O)CC(c2ccccc2Br)CC1=O. The number of nitrogens with zero attached hydrogens (tertiary/aromatic N) is 1. The molecule has 19 heavy (non-hydrogen) atoms. The van der Waals surface area contributed by atoms with E-state index in [4.69, 9.17) is 0 Å². The summed E-state index contributed by atoms with van der Waals surface area (Å²) >= 11 is 3.48. The Balaban J connectivity index is 2.26. The van der Waals surface area contributed by atoms with Crippen molar-refractivity contribution in [3.05, 3.63) is 46.1 Å². The Labute approximate surface area is 121 Å². The minimum atomic E-state index is -0.0642. The highest BCUT2D eigenvalue weighted by Crippen LogP contribution is 2.35. The Bertz CT molecular complexity index is 529. The molecule has 1 fully saturated rings. The van der Waals surface area contributed by atoms with Gasteiger partial charge in [-0.25, -0.2) is 0 Å². The molecule has 0 radical (unpaired) electrons. The number of benzene rings is 1. The molecular formula is C15H16BrNO2. The Morgan fingerprint density at radius 3 is 2.26 bits per heavy atom. The summed E-state index contributed by atoms with van der Waals surface area (Å²) in [4.78, 5) is 25.9. The Kier molecular flexibility index (Phi) is 4.20. The standard InChI is InChI=1S/C15H16BrNO2/c1-17(2)9-12-14(18)7-10(8-15(12)19)11-5-3-4-6-13(11)16/h3-6,9-10H,7-8H2,1-2H3. The fourth-order valence-corrected chi connectivity index (χ4v) is 2.93. The normalized spacial score (nSPS) is 19.5. The van der Waals surface area contributed by atoms with Crippen LogP contribution in [0.5, 0.6) is 0 Å². The third-order valence-corrected chi connectivity index (χ3v) is 3.92. The fraction of sp³-hybridized carbons (Fsp3) is 0.333. The van der Waals surface area contributed by atoms with Gasteiger partial charge in [0.1, 0.15) is 0 Å². The highest BCUT2D eigenvalue weighted by atomic mass is 79.9. The minimum absolute atomic E-state index is 0.0186. The highest BCUT2D eigenvalue weighted by Gasteiger charge is 2.32. The number of rotatable bonds is 2. The van der Waals surface area contributed by atoms with E-state index in [1.807, 2.05) is 38.4 Å². The molecule has 0 spiro atoms. The first-order valence-electron chi connectivity index (χ1n) is 6.18. The predicted molar refractivity (Wildman–Crippen MR) is 77.9 cm³/mol. The van der Waals surface area contributed by atoms with Crippen molar-refractivity contribution < 1.29 is 9.59 Å². The lowest BCUT2D eigenvalue weighted by Gasteiger charge is -2.24. The molecule has 0 saturated heterocycles. The number of ketones is 2. The largest absolute Gasteiger partial charge is 0.383 e. The second-order valence-electron chi connectivity index (χ2n) is 4.98. The predicted octanol–water partition coefficient (Wildman–Crippen LogP) is 2.91.